The van der Waals surface area contributed by atoms with E-state index in [0.29, 0.717) is 12.1 Å². The number of piperidine rings is 1. The third kappa shape index (κ3) is 4.92. The van der Waals surface area contributed by atoms with Crippen LogP contribution in [0.2, 0.25) is 0 Å². The van der Waals surface area contributed by atoms with Crippen LogP contribution >= 0.6 is 28.3 Å². The van der Waals surface area contributed by atoms with Gasteiger partial charge in [0.15, 0.2) is 0 Å². The molecule has 0 spiro atoms. The summed E-state index contributed by atoms with van der Waals surface area (Å²) in [6, 6.07) is 5.13. The predicted octanol–water partition coefficient (Wildman–Crippen LogP) is 5.20. The molecule has 1 aromatic carbocycles. The van der Waals surface area contributed by atoms with E-state index < -0.39 is 0 Å². The van der Waals surface area contributed by atoms with E-state index in [1.165, 1.54) is 25.7 Å². The lowest BCUT2D eigenvalue weighted by molar-refractivity contribution is 0.00254. The molecule has 1 aliphatic carbocycles. The van der Waals surface area contributed by atoms with Gasteiger partial charge >= 0.3 is 5.69 Å². The number of likely N-dealkylation sites (tertiary alicyclic amines) is 1. The summed E-state index contributed by atoms with van der Waals surface area (Å²) in [5.74, 6) is 0. The smallest absolute Gasteiger partial charge is 0.326 e. The zero-order valence-electron chi connectivity index (χ0n) is 17.5. The first kappa shape index (κ1) is 22.9. The molecule has 2 aromatic rings. The number of hydrogen-bond donors (Lipinski definition) is 1. The van der Waals surface area contributed by atoms with Crippen molar-refractivity contribution in [1.29, 1.82) is 0 Å². The maximum Gasteiger partial charge on any atom is 0.326 e. The van der Waals surface area contributed by atoms with Crippen LogP contribution < -0.4 is 5.69 Å². The van der Waals surface area contributed by atoms with Gasteiger partial charge in [0.25, 0.3) is 0 Å². The highest BCUT2D eigenvalue weighted by atomic mass is 79.9. The maximum absolute atomic E-state index is 12.6. The van der Waals surface area contributed by atoms with E-state index in [2.05, 4.69) is 51.8 Å². The quantitative estimate of drug-likeness (QED) is 0.632. The van der Waals surface area contributed by atoms with Crippen molar-refractivity contribution in [3.63, 3.8) is 0 Å². The van der Waals surface area contributed by atoms with Gasteiger partial charge in [0.1, 0.15) is 0 Å². The lowest BCUT2D eigenvalue weighted by atomic mass is 9.90. The summed E-state index contributed by atoms with van der Waals surface area (Å²) >= 11 is 3.62. The number of imidazole rings is 1. The fraction of sp³-hybridized carbons (Fsp3) is 0.682. The molecule has 162 valence electrons. The van der Waals surface area contributed by atoms with Gasteiger partial charge in [-0.15, -0.1) is 12.4 Å². The van der Waals surface area contributed by atoms with Crippen LogP contribution in [0.15, 0.2) is 21.4 Å². The molecule has 2 heterocycles. The zero-order valence-corrected chi connectivity index (χ0v) is 19.9. The molecule has 0 unspecified atom stereocenters. The third-order valence-electron chi connectivity index (χ3n) is 6.58. The van der Waals surface area contributed by atoms with E-state index in [1.54, 1.807) is 0 Å². The Morgan fingerprint density at radius 3 is 2.45 bits per heavy atom. The van der Waals surface area contributed by atoms with Crippen molar-refractivity contribution in [3.05, 3.63) is 32.7 Å². The Labute approximate surface area is 187 Å². The average molecular weight is 487 g/mol. The number of aromatic amines is 1. The van der Waals surface area contributed by atoms with Gasteiger partial charge in [0.2, 0.25) is 0 Å². The normalized spacial score (nSPS) is 24.0. The largest absolute Gasteiger partial charge is 0.378 e. The lowest BCUT2D eigenvalue weighted by Crippen LogP contribution is -2.45. The van der Waals surface area contributed by atoms with E-state index in [0.717, 1.165) is 60.0 Å². The molecule has 1 saturated carbocycles. The van der Waals surface area contributed by atoms with E-state index in [4.69, 9.17) is 4.74 Å². The van der Waals surface area contributed by atoms with E-state index in [9.17, 15) is 4.79 Å². The molecule has 2 fully saturated rings. The van der Waals surface area contributed by atoms with Crippen LogP contribution in [0, 0.1) is 6.92 Å². The van der Waals surface area contributed by atoms with Crippen molar-refractivity contribution >= 4 is 39.4 Å². The van der Waals surface area contributed by atoms with Crippen molar-refractivity contribution in [2.45, 2.75) is 77.0 Å². The Kier molecular flexibility index (Phi) is 7.87. The highest BCUT2D eigenvalue weighted by Gasteiger charge is 2.30. The molecule has 2 aliphatic rings. The molecule has 1 aromatic heterocycles. The van der Waals surface area contributed by atoms with Gasteiger partial charge < -0.3 is 14.6 Å². The number of ether oxygens (including phenoxy) is 1. The molecule has 0 amide bonds. The molecule has 1 N–H and O–H groups in total. The zero-order chi connectivity index (χ0) is 19.7. The number of H-pyrrole nitrogens is 1. The number of rotatable bonds is 5. The van der Waals surface area contributed by atoms with Gasteiger partial charge in [-0.3, -0.25) is 4.57 Å². The van der Waals surface area contributed by atoms with Gasteiger partial charge in [-0.05, 0) is 69.6 Å². The van der Waals surface area contributed by atoms with Gasteiger partial charge in [-0.25, -0.2) is 4.79 Å². The molecule has 1 aliphatic heterocycles. The summed E-state index contributed by atoms with van der Waals surface area (Å²) in [4.78, 5) is 18.3. The molecule has 29 heavy (non-hydrogen) atoms. The second-order valence-electron chi connectivity index (χ2n) is 8.49. The highest BCUT2D eigenvalue weighted by molar-refractivity contribution is 9.10. The first-order chi connectivity index (χ1) is 13.6. The topological polar surface area (TPSA) is 50.3 Å². The van der Waals surface area contributed by atoms with Crippen LogP contribution in [-0.2, 0) is 4.74 Å². The monoisotopic (exact) mass is 485 g/mol. The summed E-state index contributed by atoms with van der Waals surface area (Å²) in [6.07, 6.45) is 8.56. The highest BCUT2D eigenvalue weighted by Crippen LogP contribution is 2.32. The lowest BCUT2D eigenvalue weighted by Gasteiger charge is -2.41. The number of nitrogens with one attached hydrogen (secondary N) is 1. The fourth-order valence-corrected chi connectivity index (χ4v) is 5.32. The molecule has 0 radical (unpaired) electrons. The van der Waals surface area contributed by atoms with E-state index in [1.807, 2.05) is 4.57 Å². The van der Waals surface area contributed by atoms with Crippen molar-refractivity contribution in [2.75, 3.05) is 19.7 Å². The third-order valence-corrected chi connectivity index (χ3v) is 7.43. The SMILES string of the molecule is CCCOC1CCC(N2CCC(n3c(=O)[nH]c4cc(C)c(Br)cc43)CC2)CC1.Cl. The van der Waals surface area contributed by atoms with Gasteiger partial charge in [-0.1, -0.05) is 22.9 Å². The molecular weight excluding hydrogens is 454 g/mol. The van der Waals surface area contributed by atoms with Crippen molar-refractivity contribution in [3.8, 4) is 0 Å². The minimum atomic E-state index is 0. The Balaban J connectivity index is 0.00000240. The summed E-state index contributed by atoms with van der Waals surface area (Å²) < 4.78 is 9.00. The predicted molar refractivity (Wildman–Crippen MR) is 124 cm³/mol. The molecule has 0 atom stereocenters. The van der Waals surface area contributed by atoms with Crippen LogP contribution in [-0.4, -0.2) is 46.3 Å². The van der Waals surface area contributed by atoms with E-state index >= 15 is 0 Å². The van der Waals surface area contributed by atoms with Gasteiger partial charge in [-0.2, -0.15) is 0 Å². The fourth-order valence-electron chi connectivity index (χ4n) is 4.99. The number of aryl methyl sites for hydroxylation is 1. The molecule has 5 nitrogen and oxygen atoms in total. The van der Waals surface area contributed by atoms with Crippen LogP contribution in [0.1, 0.15) is 63.5 Å². The number of fused-ring (bicyclic) bond motifs is 1. The first-order valence-corrected chi connectivity index (χ1v) is 11.6. The summed E-state index contributed by atoms with van der Waals surface area (Å²) in [6.45, 7) is 7.30. The Morgan fingerprint density at radius 2 is 1.79 bits per heavy atom. The molecule has 1 saturated heterocycles. The second-order valence-corrected chi connectivity index (χ2v) is 9.34. The number of hydrogen-bond acceptors (Lipinski definition) is 3. The molecule has 4 rings (SSSR count). The summed E-state index contributed by atoms with van der Waals surface area (Å²) in [5.41, 5.74) is 3.14. The van der Waals surface area contributed by atoms with Crippen LogP contribution in [0.4, 0.5) is 0 Å². The summed E-state index contributed by atoms with van der Waals surface area (Å²) in [7, 11) is 0. The number of benzene rings is 1. The number of aromatic nitrogens is 2. The minimum absolute atomic E-state index is 0. The molecule has 0 bridgehead atoms. The Morgan fingerprint density at radius 1 is 1.10 bits per heavy atom. The van der Waals surface area contributed by atoms with E-state index in [-0.39, 0.29) is 24.1 Å². The maximum atomic E-state index is 12.6. The second kappa shape index (κ2) is 9.99. The average Bonchev–Trinajstić information content (AvgIpc) is 3.02. The number of nitrogens with zero attached hydrogens (tertiary/aromatic N) is 2. The van der Waals surface area contributed by atoms with Gasteiger partial charge in [0, 0.05) is 36.3 Å². The van der Waals surface area contributed by atoms with Crippen molar-refractivity contribution in [1.82, 2.24) is 14.5 Å². The van der Waals surface area contributed by atoms with Crippen molar-refractivity contribution < 1.29 is 4.74 Å². The molecule has 7 heteroatoms. The van der Waals surface area contributed by atoms with Gasteiger partial charge in [0.05, 0.1) is 17.1 Å². The Hall–Kier alpha value is -0.820. The van der Waals surface area contributed by atoms with Crippen molar-refractivity contribution in [2.24, 2.45) is 0 Å². The van der Waals surface area contributed by atoms with Crippen LogP contribution in [0.25, 0.3) is 11.0 Å². The molecular formula is C22H33BrClN3O2. The summed E-state index contributed by atoms with van der Waals surface area (Å²) in [5, 5.41) is 0. The van der Waals surface area contributed by atoms with Crippen LogP contribution in [0.5, 0.6) is 0 Å². The Bertz CT molecular complexity index is 865. The standard InChI is InChI=1S/C22H32BrN3O2.ClH/c1-3-12-28-18-6-4-16(5-7-18)25-10-8-17(9-11-25)26-21-14-19(23)15(2)13-20(21)24-22(26)27;/h13-14,16-18H,3-12H2,1-2H3,(H,24,27);1H. The minimum Gasteiger partial charge on any atom is -0.378 e. The van der Waals surface area contributed by atoms with Crippen LogP contribution in [0.3, 0.4) is 0 Å². The number of halogens is 2. The first-order valence-electron chi connectivity index (χ1n) is 10.8.